The van der Waals surface area contributed by atoms with Crippen molar-refractivity contribution in [1.29, 1.82) is 0 Å². The lowest BCUT2D eigenvalue weighted by atomic mass is 10.1. The first-order valence-electron chi connectivity index (χ1n) is 4.91. The van der Waals surface area contributed by atoms with Crippen LogP contribution in [0.15, 0.2) is 28.7 Å². The Morgan fingerprint density at radius 2 is 2.12 bits per heavy atom. The van der Waals surface area contributed by atoms with Gasteiger partial charge in [0.1, 0.15) is 11.5 Å². The zero-order chi connectivity index (χ0) is 11.5. The molecule has 0 bridgehead atoms. The summed E-state index contributed by atoms with van der Waals surface area (Å²) >= 11 is 3.41. The van der Waals surface area contributed by atoms with Crippen LogP contribution in [0.5, 0.6) is 0 Å². The quantitative estimate of drug-likeness (QED) is 0.909. The Bertz CT molecular complexity index is 496. The van der Waals surface area contributed by atoms with Gasteiger partial charge in [-0.15, -0.1) is 0 Å². The normalized spacial score (nSPS) is 10.7. The number of hydrogen-bond acceptors (Lipinski definition) is 2. The van der Waals surface area contributed by atoms with E-state index in [1.807, 2.05) is 0 Å². The van der Waals surface area contributed by atoms with Crippen LogP contribution in [0.2, 0.25) is 0 Å². The average molecular weight is 284 g/mol. The first-order valence-corrected chi connectivity index (χ1v) is 5.71. The van der Waals surface area contributed by atoms with Crippen molar-refractivity contribution < 1.29 is 4.39 Å². The Hall–Kier alpha value is -1.20. The van der Waals surface area contributed by atoms with E-state index in [0.717, 1.165) is 10.2 Å². The third-order valence-corrected chi connectivity index (χ3v) is 3.15. The zero-order valence-electron chi connectivity index (χ0n) is 8.50. The summed E-state index contributed by atoms with van der Waals surface area (Å²) in [6.07, 6.45) is 0.683. The number of nitrogens with two attached hydrogens (primary N) is 1. The number of hydrogen-bond donors (Lipinski definition) is 2. The maximum Gasteiger partial charge on any atom is 0.132 e. The van der Waals surface area contributed by atoms with Gasteiger partial charge in [-0.25, -0.2) is 4.39 Å². The van der Waals surface area contributed by atoms with Crippen molar-refractivity contribution in [2.24, 2.45) is 5.73 Å². The molecule has 16 heavy (non-hydrogen) atoms. The van der Waals surface area contributed by atoms with E-state index in [1.165, 1.54) is 6.07 Å². The molecule has 3 nitrogen and oxygen atoms in total. The monoisotopic (exact) mass is 283 g/mol. The maximum absolute atomic E-state index is 13.6. The summed E-state index contributed by atoms with van der Waals surface area (Å²) in [6, 6.07) is 6.55. The smallest absolute Gasteiger partial charge is 0.132 e. The molecule has 0 saturated heterocycles. The number of aromatic nitrogens is 2. The molecule has 2 rings (SSSR count). The van der Waals surface area contributed by atoms with Crippen LogP contribution in [0.4, 0.5) is 4.39 Å². The number of nitrogens with one attached hydrogen (secondary N) is 1. The Labute approximate surface area is 101 Å². The predicted octanol–water partition coefficient (Wildman–Crippen LogP) is 2.48. The molecule has 3 N–H and O–H groups in total. The van der Waals surface area contributed by atoms with Gasteiger partial charge in [0.2, 0.25) is 0 Å². The van der Waals surface area contributed by atoms with E-state index in [2.05, 4.69) is 26.1 Å². The third kappa shape index (κ3) is 2.01. The van der Waals surface area contributed by atoms with Crippen molar-refractivity contribution in [3.63, 3.8) is 0 Å². The molecule has 1 aromatic carbocycles. The minimum Gasteiger partial charge on any atom is -0.330 e. The van der Waals surface area contributed by atoms with Crippen molar-refractivity contribution in [3.8, 4) is 11.3 Å². The van der Waals surface area contributed by atoms with Crippen molar-refractivity contribution in [2.75, 3.05) is 6.54 Å². The second-order valence-corrected chi connectivity index (χ2v) is 4.18. The van der Waals surface area contributed by atoms with Crippen LogP contribution < -0.4 is 5.73 Å². The number of nitrogens with zero attached hydrogens (tertiary/aromatic N) is 1. The molecular weight excluding hydrogens is 273 g/mol. The summed E-state index contributed by atoms with van der Waals surface area (Å²) in [5, 5.41) is 6.96. The van der Waals surface area contributed by atoms with Gasteiger partial charge >= 0.3 is 0 Å². The van der Waals surface area contributed by atoms with Crippen LogP contribution in [0.3, 0.4) is 0 Å². The van der Waals surface area contributed by atoms with E-state index in [-0.39, 0.29) is 5.82 Å². The fraction of sp³-hybridized carbons (Fsp3) is 0.182. The first kappa shape index (κ1) is 11.3. The highest BCUT2D eigenvalue weighted by Gasteiger charge is 2.14. The summed E-state index contributed by atoms with van der Waals surface area (Å²) in [5.74, 6) is -0.283. The second-order valence-electron chi connectivity index (χ2n) is 3.38. The number of benzene rings is 1. The molecule has 0 spiro atoms. The number of rotatable bonds is 3. The lowest BCUT2D eigenvalue weighted by Gasteiger charge is -1.99. The van der Waals surface area contributed by atoms with Crippen LogP contribution in [-0.4, -0.2) is 16.7 Å². The SMILES string of the molecule is NCCc1[nH]nc(-c2ccccc2F)c1Br. The Morgan fingerprint density at radius 1 is 1.38 bits per heavy atom. The van der Waals surface area contributed by atoms with Crippen LogP contribution in [-0.2, 0) is 6.42 Å². The van der Waals surface area contributed by atoms with E-state index in [4.69, 9.17) is 5.73 Å². The molecule has 0 unspecified atom stereocenters. The summed E-state index contributed by atoms with van der Waals surface area (Å²) in [7, 11) is 0. The Balaban J connectivity index is 2.45. The van der Waals surface area contributed by atoms with Crippen LogP contribution in [0, 0.1) is 5.82 Å². The number of H-pyrrole nitrogens is 1. The van der Waals surface area contributed by atoms with Crippen molar-refractivity contribution >= 4 is 15.9 Å². The third-order valence-electron chi connectivity index (χ3n) is 2.30. The zero-order valence-corrected chi connectivity index (χ0v) is 10.1. The molecule has 0 saturated carbocycles. The molecule has 2 aromatic rings. The second kappa shape index (κ2) is 4.76. The molecule has 0 atom stereocenters. The fourth-order valence-corrected chi connectivity index (χ4v) is 2.10. The minimum absolute atomic E-state index is 0.283. The van der Waals surface area contributed by atoms with E-state index in [9.17, 15) is 4.39 Å². The van der Waals surface area contributed by atoms with Crippen molar-refractivity contribution in [3.05, 3.63) is 40.2 Å². The minimum atomic E-state index is -0.283. The molecule has 0 radical (unpaired) electrons. The Morgan fingerprint density at radius 3 is 2.81 bits per heavy atom. The molecular formula is C11H11BrFN3. The van der Waals surface area contributed by atoms with Gasteiger partial charge in [0.25, 0.3) is 0 Å². The molecule has 5 heteroatoms. The topological polar surface area (TPSA) is 54.7 Å². The molecule has 0 fully saturated rings. The van der Waals surface area contributed by atoms with E-state index < -0.39 is 0 Å². The van der Waals surface area contributed by atoms with Crippen LogP contribution in [0.1, 0.15) is 5.69 Å². The van der Waals surface area contributed by atoms with Gasteiger partial charge in [-0.2, -0.15) is 5.10 Å². The van der Waals surface area contributed by atoms with Gasteiger partial charge in [-0.05, 0) is 34.6 Å². The number of aromatic amines is 1. The predicted molar refractivity (Wildman–Crippen MR) is 64.4 cm³/mol. The fourth-order valence-electron chi connectivity index (χ4n) is 1.51. The van der Waals surface area contributed by atoms with Crippen molar-refractivity contribution in [2.45, 2.75) is 6.42 Å². The lowest BCUT2D eigenvalue weighted by Crippen LogP contribution is -2.03. The first-order chi connectivity index (χ1) is 7.74. The van der Waals surface area contributed by atoms with Crippen LogP contribution >= 0.6 is 15.9 Å². The highest BCUT2D eigenvalue weighted by molar-refractivity contribution is 9.10. The summed E-state index contributed by atoms with van der Waals surface area (Å²) in [5.41, 5.74) is 7.42. The Kier molecular flexibility index (Phi) is 3.36. The average Bonchev–Trinajstić information content (AvgIpc) is 2.62. The molecule has 84 valence electrons. The summed E-state index contributed by atoms with van der Waals surface area (Å²) in [4.78, 5) is 0. The van der Waals surface area contributed by atoms with E-state index >= 15 is 0 Å². The highest BCUT2D eigenvalue weighted by Crippen LogP contribution is 2.30. The molecule has 0 amide bonds. The largest absolute Gasteiger partial charge is 0.330 e. The van der Waals surface area contributed by atoms with Gasteiger partial charge in [-0.3, -0.25) is 5.10 Å². The molecule has 0 aliphatic rings. The van der Waals surface area contributed by atoms with Gasteiger partial charge < -0.3 is 5.73 Å². The van der Waals surface area contributed by atoms with Gasteiger partial charge in [-0.1, -0.05) is 12.1 Å². The molecule has 0 aliphatic heterocycles. The lowest BCUT2D eigenvalue weighted by molar-refractivity contribution is 0.630. The van der Waals surface area contributed by atoms with Crippen molar-refractivity contribution in [1.82, 2.24) is 10.2 Å². The number of halogens is 2. The maximum atomic E-state index is 13.6. The van der Waals surface area contributed by atoms with Gasteiger partial charge in [0, 0.05) is 12.0 Å². The van der Waals surface area contributed by atoms with Gasteiger partial charge in [0.05, 0.1) is 10.2 Å². The highest BCUT2D eigenvalue weighted by atomic mass is 79.9. The summed E-state index contributed by atoms with van der Waals surface area (Å²) < 4.78 is 14.3. The molecule has 0 aliphatic carbocycles. The van der Waals surface area contributed by atoms with Gasteiger partial charge in [0.15, 0.2) is 0 Å². The molecule has 1 heterocycles. The summed E-state index contributed by atoms with van der Waals surface area (Å²) in [6.45, 7) is 0.525. The molecule has 1 aromatic heterocycles. The van der Waals surface area contributed by atoms with Crippen LogP contribution in [0.25, 0.3) is 11.3 Å². The standard InChI is InChI=1S/C11H11BrFN3/c12-10-9(5-6-14)15-16-11(10)7-3-1-2-4-8(7)13/h1-4H,5-6,14H2,(H,15,16). The van der Waals surface area contributed by atoms with E-state index in [0.29, 0.717) is 24.2 Å². The van der Waals surface area contributed by atoms with E-state index in [1.54, 1.807) is 18.2 Å².